The van der Waals surface area contributed by atoms with Crippen molar-refractivity contribution < 1.29 is 9.53 Å². The average molecular weight is 424 g/mol. The smallest absolute Gasteiger partial charge is 0.225 e. The lowest BCUT2D eigenvalue weighted by Crippen LogP contribution is -2.52. The van der Waals surface area contributed by atoms with Crippen molar-refractivity contribution in [2.24, 2.45) is 16.3 Å². The first-order valence-corrected chi connectivity index (χ1v) is 7.77. The van der Waals surface area contributed by atoms with Gasteiger partial charge in [-0.3, -0.25) is 9.79 Å². The maximum Gasteiger partial charge on any atom is 0.225 e. The topological polar surface area (TPSA) is 66.0 Å². The van der Waals surface area contributed by atoms with E-state index >= 15 is 0 Å². The molecule has 0 saturated carbocycles. The first-order valence-electron chi connectivity index (χ1n) is 7.77. The van der Waals surface area contributed by atoms with Gasteiger partial charge in [-0.25, -0.2) is 0 Å². The van der Waals surface area contributed by atoms with Crippen LogP contribution in [0.4, 0.5) is 0 Å². The molecule has 0 aromatic heterocycles. The number of rotatable bonds is 4. The Labute approximate surface area is 150 Å². The number of hydrogen-bond donors (Lipinski definition) is 2. The Kier molecular flexibility index (Phi) is 7.37. The van der Waals surface area contributed by atoms with E-state index in [1.165, 1.54) is 0 Å². The summed E-state index contributed by atoms with van der Waals surface area (Å²) in [6, 6.07) is 0.282. The lowest BCUT2D eigenvalue weighted by atomic mass is 9.89. The van der Waals surface area contributed by atoms with Crippen LogP contribution >= 0.6 is 24.0 Å². The van der Waals surface area contributed by atoms with Crippen LogP contribution < -0.4 is 10.6 Å². The van der Waals surface area contributed by atoms with Gasteiger partial charge in [-0.15, -0.1) is 24.0 Å². The zero-order valence-electron chi connectivity index (χ0n) is 14.0. The van der Waals surface area contributed by atoms with Crippen molar-refractivity contribution in [1.29, 1.82) is 0 Å². The molecule has 2 aliphatic heterocycles. The Hall–Kier alpha value is -0.570. The predicted molar refractivity (Wildman–Crippen MR) is 98.7 cm³/mol. The Bertz CT molecular complexity index is 410. The normalized spacial score (nSPS) is 23.8. The van der Waals surface area contributed by atoms with Gasteiger partial charge in [0.1, 0.15) is 0 Å². The molecule has 128 valence electrons. The number of nitrogens with zero attached hydrogens (tertiary/aromatic N) is 2. The van der Waals surface area contributed by atoms with Crippen LogP contribution in [0.1, 0.15) is 27.2 Å². The van der Waals surface area contributed by atoms with E-state index < -0.39 is 0 Å². The van der Waals surface area contributed by atoms with E-state index in [1.807, 2.05) is 18.7 Å². The van der Waals surface area contributed by atoms with Crippen LogP contribution in [0, 0.1) is 11.3 Å². The highest BCUT2D eigenvalue weighted by Crippen LogP contribution is 2.25. The molecule has 2 fully saturated rings. The summed E-state index contributed by atoms with van der Waals surface area (Å²) in [5.41, 5.74) is 0.215. The van der Waals surface area contributed by atoms with Crippen molar-refractivity contribution in [3.63, 3.8) is 0 Å². The van der Waals surface area contributed by atoms with Gasteiger partial charge >= 0.3 is 0 Å². The average Bonchev–Trinajstić information content (AvgIpc) is 2.88. The molecule has 0 aromatic rings. The van der Waals surface area contributed by atoms with E-state index in [0.717, 1.165) is 45.2 Å². The number of amides is 1. The second-order valence-electron chi connectivity index (χ2n) is 6.80. The third-order valence-corrected chi connectivity index (χ3v) is 4.14. The van der Waals surface area contributed by atoms with Crippen molar-refractivity contribution in [2.75, 3.05) is 39.9 Å². The highest BCUT2D eigenvalue weighted by atomic mass is 127. The van der Waals surface area contributed by atoms with E-state index in [2.05, 4.69) is 22.5 Å². The maximum atomic E-state index is 12.0. The van der Waals surface area contributed by atoms with Gasteiger partial charge in [0.05, 0.1) is 13.2 Å². The summed E-state index contributed by atoms with van der Waals surface area (Å²) in [4.78, 5) is 18.2. The van der Waals surface area contributed by atoms with Crippen LogP contribution in [-0.2, 0) is 9.53 Å². The minimum Gasteiger partial charge on any atom is -0.380 e. The van der Waals surface area contributed by atoms with Gasteiger partial charge in [0.15, 0.2) is 5.96 Å². The molecule has 2 rings (SSSR count). The third-order valence-electron chi connectivity index (χ3n) is 4.14. The van der Waals surface area contributed by atoms with Gasteiger partial charge in [0.25, 0.3) is 0 Å². The first-order chi connectivity index (χ1) is 9.93. The number of carbonyl (C=O) groups is 1. The summed E-state index contributed by atoms with van der Waals surface area (Å²) in [6.07, 6.45) is 0.972. The Morgan fingerprint density at radius 1 is 1.45 bits per heavy atom. The number of ether oxygens (including phenoxy) is 1. The van der Waals surface area contributed by atoms with E-state index in [-0.39, 0.29) is 47.3 Å². The Balaban J connectivity index is 0.00000242. The summed E-state index contributed by atoms with van der Waals surface area (Å²) in [6.45, 7) is 10.2. The number of likely N-dealkylation sites (tertiary alicyclic amines) is 1. The molecule has 22 heavy (non-hydrogen) atoms. The molecule has 0 aromatic carbocycles. The second kappa shape index (κ2) is 8.33. The van der Waals surface area contributed by atoms with E-state index in [4.69, 9.17) is 4.74 Å². The molecule has 0 radical (unpaired) electrons. The summed E-state index contributed by atoms with van der Waals surface area (Å²) in [5, 5.41) is 6.78. The summed E-state index contributed by atoms with van der Waals surface area (Å²) in [5.74, 6) is 1.12. The van der Waals surface area contributed by atoms with E-state index in [9.17, 15) is 4.79 Å². The lowest BCUT2D eigenvalue weighted by Gasteiger charge is -2.38. The van der Waals surface area contributed by atoms with Gasteiger partial charge in [0, 0.05) is 44.1 Å². The van der Waals surface area contributed by atoms with Crippen LogP contribution in [0.25, 0.3) is 0 Å². The number of carbonyl (C=O) groups excluding carboxylic acids is 1. The fourth-order valence-corrected chi connectivity index (χ4v) is 2.68. The summed E-state index contributed by atoms with van der Waals surface area (Å²) < 4.78 is 5.26. The van der Waals surface area contributed by atoms with E-state index in [0.29, 0.717) is 0 Å². The number of guanidine groups is 1. The zero-order chi connectivity index (χ0) is 15.5. The summed E-state index contributed by atoms with van der Waals surface area (Å²) >= 11 is 0. The molecule has 1 unspecified atom stereocenters. The minimum atomic E-state index is 0. The fourth-order valence-electron chi connectivity index (χ4n) is 2.68. The molecule has 7 heteroatoms. The molecule has 2 saturated heterocycles. The van der Waals surface area contributed by atoms with Crippen molar-refractivity contribution in [3.05, 3.63) is 0 Å². The predicted octanol–water partition coefficient (Wildman–Crippen LogP) is 1.06. The Morgan fingerprint density at radius 3 is 2.64 bits per heavy atom. The van der Waals surface area contributed by atoms with Gasteiger partial charge in [-0.2, -0.15) is 0 Å². The molecule has 0 aliphatic carbocycles. The molecule has 2 N–H and O–H groups in total. The van der Waals surface area contributed by atoms with E-state index in [1.54, 1.807) is 7.05 Å². The molecular weight excluding hydrogens is 395 g/mol. The van der Waals surface area contributed by atoms with Crippen LogP contribution in [0.15, 0.2) is 4.99 Å². The maximum absolute atomic E-state index is 12.0. The standard InChI is InChI=1S/C15H28N4O2.HI/c1-11(2)13(20)19-6-5-12(7-19)18-14(16-4)17-8-15(3)9-21-10-15;/h11-12H,5-10H2,1-4H3,(H2,16,17,18);1H. The Morgan fingerprint density at radius 2 is 2.14 bits per heavy atom. The zero-order valence-corrected chi connectivity index (χ0v) is 16.3. The SMILES string of the molecule is CN=C(NCC1(C)COC1)NC1CCN(C(=O)C(C)C)C1.I. The van der Waals surface area contributed by atoms with Crippen molar-refractivity contribution in [2.45, 2.75) is 33.2 Å². The van der Waals surface area contributed by atoms with Gasteiger partial charge < -0.3 is 20.3 Å². The monoisotopic (exact) mass is 424 g/mol. The minimum absolute atomic E-state index is 0. The number of hydrogen-bond acceptors (Lipinski definition) is 3. The molecule has 2 aliphatic rings. The third kappa shape index (κ3) is 4.97. The summed E-state index contributed by atoms with van der Waals surface area (Å²) in [7, 11) is 1.78. The lowest BCUT2D eigenvalue weighted by molar-refractivity contribution is -0.133. The van der Waals surface area contributed by atoms with Crippen molar-refractivity contribution >= 4 is 35.8 Å². The highest BCUT2D eigenvalue weighted by molar-refractivity contribution is 14.0. The van der Waals surface area contributed by atoms with Crippen molar-refractivity contribution in [3.8, 4) is 0 Å². The van der Waals surface area contributed by atoms with Gasteiger partial charge in [-0.05, 0) is 6.42 Å². The molecule has 1 atom stereocenters. The number of nitrogens with one attached hydrogen (secondary N) is 2. The number of aliphatic imine (C=N–C) groups is 1. The van der Waals surface area contributed by atoms with Crippen LogP contribution in [-0.4, -0.2) is 62.7 Å². The molecule has 2 heterocycles. The fraction of sp³-hybridized carbons (Fsp3) is 0.867. The molecule has 6 nitrogen and oxygen atoms in total. The molecule has 0 spiro atoms. The van der Waals surface area contributed by atoms with Gasteiger partial charge in [0.2, 0.25) is 5.91 Å². The molecule has 1 amide bonds. The second-order valence-corrected chi connectivity index (χ2v) is 6.80. The largest absolute Gasteiger partial charge is 0.380 e. The van der Waals surface area contributed by atoms with Crippen molar-refractivity contribution in [1.82, 2.24) is 15.5 Å². The first kappa shape index (κ1) is 19.5. The van der Waals surface area contributed by atoms with Gasteiger partial charge in [-0.1, -0.05) is 20.8 Å². The molecule has 0 bridgehead atoms. The highest BCUT2D eigenvalue weighted by Gasteiger charge is 2.34. The number of halogens is 1. The van der Waals surface area contributed by atoms with Crippen LogP contribution in [0.2, 0.25) is 0 Å². The van der Waals surface area contributed by atoms with Crippen LogP contribution in [0.3, 0.4) is 0 Å². The molecular formula is C15H29IN4O2. The quantitative estimate of drug-likeness (QED) is 0.403. The van der Waals surface area contributed by atoms with Crippen LogP contribution in [0.5, 0.6) is 0 Å².